The van der Waals surface area contributed by atoms with Gasteiger partial charge in [0, 0.05) is 20.6 Å². The highest BCUT2D eigenvalue weighted by Gasteiger charge is 2.31. The summed E-state index contributed by atoms with van der Waals surface area (Å²) >= 11 is 0. The zero-order valence-electron chi connectivity index (χ0n) is 15.6. The van der Waals surface area contributed by atoms with Crippen molar-refractivity contribution >= 4 is 27.8 Å². The van der Waals surface area contributed by atoms with Gasteiger partial charge in [-0.25, -0.2) is 21.9 Å². The minimum Gasteiger partial charge on any atom is -0.452 e. The molecule has 154 valence electrons. The molecule has 0 aromatic heterocycles. The molecule has 0 unspecified atom stereocenters. The maximum absolute atomic E-state index is 14.0. The van der Waals surface area contributed by atoms with Crippen LogP contribution in [0.5, 0.6) is 0 Å². The predicted molar refractivity (Wildman–Crippen MR) is 96.1 cm³/mol. The zero-order valence-corrected chi connectivity index (χ0v) is 16.4. The highest BCUT2D eigenvalue weighted by Crippen LogP contribution is 2.20. The van der Waals surface area contributed by atoms with E-state index >= 15 is 0 Å². The largest absolute Gasteiger partial charge is 0.452 e. The number of primary amides is 1. The normalized spacial score (nSPS) is 17.4. The van der Waals surface area contributed by atoms with E-state index < -0.39 is 51.8 Å². The second-order valence-corrected chi connectivity index (χ2v) is 8.66. The van der Waals surface area contributed by atoms with Crippen molar-refractivity contribution in [2.45, 2.75) is 30.2 Å². The highest BCUT2D eigenvalue weighted by atomic mass is 32.2. The molecule has 1 heterocycles. The molecule has 0 saturated carbocycles. The third-order valence-corrected chi connectivity index (χ3v) is 6.23. The number of halogens is 1. The Bertz CT molecular complexity index is 887. The van der Waals surface area contributed by atoms with Crippen LogP contribution in [0.4, 0.5) is 4.39 Å². The summed E-state index contributed by atoms with van der Waals surface area (Å²) < 4.78 is 44.0. The second-order valence-electron chi connectivity index (χ2n) is 6.51. The Morgan fingerprint density at radius 3 is 2.57 bits per heavy atom. The molecule has 0 radical (unpaired) electrons. The van der Waals surface area contributed by atoms with Gasteiger partial charge in [-0.15, -0.1) is 0 Å². The molecule has 1 aromatic rings. The fraction of sp³-hybridized carbons (Fsp3) is 0.471. The lowest BCUT2D eigenvalue weighted by molar-refractivity contribution is -0.143. The molecular formula is C17H22FN3O6S. The molecule has 0 bridgehead atoms. The third-order valence-electron chi connectivity index (χ3n) is 4.41. The summed E-state index contributed by atoms with van der Waals surface area (Å²) in [7, 11) is -1.29. The number of nitrogens with two attached hydrogens (primary N) is 1. The number of hydrogen-bond acceptors (Lipinski definition) is 6. The van der Waals surface area contributed by atoms with Crippen LogP contribution in [0.3, 0.4) is 0 Å². The first kappa shape index (κ1) is 21.8. The van der Waals surface area contributed by atoms with E-state index in [4.69, 9.17) is 10.5 Å². The first-order valence-electron chi connectivity index (χ1n) is 8.53. The van der Waals surface area contributed by atoms with Crippen molar-refractivity contribution < 1.29 is 31.9 Å². The Hall–Kier alpha value is -2.53. The van der Waals surface area contributed by atoms with Gasteiger partial charge < -0.3 is 15.4 Å². The monoisotopic (exact) mass is 415 g/mol. The Morgan fingerprint density at radius 2 is 1.96 bits per heavy atom. The molecule has 2 N–H and O–H groups in total. The van der Waals surface area contributed by atoms with E-state index in [9.17, 15) is 27.2 Å². The van der Waals surface area contributed by atoms with Crippen molar-refractivity contribution in [1.82, 2.24) is 9.21 Å². The van der Waals surface area contributed by atoms with Crippen molar-refractivity contribution in [2.75, 3.05) is 27.2 Å². The zero-order chi connectivity index (χ0) is 21.1. The van der Waals surface area contributed by atoms with Gasteiger partial charge in [0.05, 0.1) is 10.5 Å². The number of rotatable bonds is 6. The van der Waals surface area contributed by atoms with Crippen LogP contribution >= 0.6 is 0 Å². The Kier molecular flexibility index (Phi) is 6.73. The molecular weight excluding hydrogens is 393 g/mol. The van der Waals surface area contributed by atoms with Crippen LogP contribution in [0.15, 0.2) is 23.1 Å². The van der Waals surface area contributed by atoms with Gasteiger partial charge in [-0.2, -0.15) is 0 Å². The number of esters is 1. The number of ether oxygens (including phenoxy) is 1. The number of piperidine rings is 1. The Labute approximate surface area is 162 Å². The number of carbonyl (C=O) groups is 3. The number of hydrogen-bond donors (Lipinski definition) is 1. The molecule has 28 heavy (non-hydrogen) atoms. The standard InChI is InChI=1S/C17H22FN3O6S/c1-20(2)28(25,26)11-6-7-13(18)12(9-11)17(24)27-10-15(22)21-8-4-3-5-14(21)16(19)23/h6-7,9,14H,3-5,8,10H2,1-2H3,(H2,19,23)/t14-/m1/s1. The molecule has 0 spiro atoms. The fourth-order valence-electron chi connectivity index (χ4n) is 2.85. The molecule has 1 aliphatic rings. The lowest BCUT2D eigenvalue weighted by Crippen LogP contribution is -2.51. The first-order valence-corrected chi connectivity index (χ1v) is 9.97. The van der Waals surface area contributed by atoms with Crippen molar-refractivity contribution in [3.63, 3.8) is 0 Å². The van der Waals surface area contributed by atoms with Gasteiger partial charge in [-0.1, -0.05) is 0 Å². The number of benzene rings is 1. The van der Waals surface area contributed by atoms with E-state index in [0.717, 1.165) is 28.9 Å². The van der Waals surface area contributed by atoms with Crippen molar-refractivity contribution in [1.29, 1.82) is 0 Å². The van der Waals surface area contributed by atoms with Gasteiger partial charge in [-0.05, 0) is 37.5 Å². The van der Waals surface area contributed by atoms with E-state index in [1.54, 1.807) is 0 Å². The second kappa shape index (κ2) is 8.65. The van der Waals surface area contributed by atoms with Crippen molar-refractivity contribution in [3.8, 4) is 0 Å². The molecule has 1 fully saturated rings. The first-order chi connectivity index (χ1) is 13.1. The maximum Gasteiger partial charge on any atom is 0.341 e. The summed E-state index contributed by atoms with van der Waals surface area (Å²) in [5, 5.41) is 0. The maximum atomic E-state index is 14.0. The van der Waals surface area contributed by atoms with Gasteiger partial charge in [0.25, 0.3) is 5.91 Å². The summed E-state index contributed by atoms with van der Waals surface area (Å²) in [6.07, 6.45) is 1.85. The van der Waals surface area contributed by atoms with Gasteiger partial charge in [0.1, 0.15) is 11.9 Å². The van der Waals surface area contributed by atoms with Crippen LogP contribution in [0, 0.1) is 5.82 Å². The molecule has 2 rings (SSSR count). The molecule has 1 aliphatic heterocycles. The SMILES string of the molecule is CN(C)S(=O)(=O)c1ccc(F)c(C(=O)OCC(=O)N2CCCC[C@@H]2C(N)=O)c1. The summed E-state index contributed by atoms with van der Waals surface area (Å²) in [5.74, 6) is -3.45. The summed E-state index contributed by atoms with van der Waals surface area (Å²) in [5.41, 5.74) is 4.68. The van der Waals surface area contributed by atoms with Crippen LogP contribution in [0.2, 0.25) is 0 Å². The van der Waals surface area contributed by atoms with Crippen LogP contribution in [-0.2, 0) is 24.3 Å². The molecule has 11 heteroatoms. The number of sulfonamides is 1. The molecule has 1 aromatic carbocycles. The van der Waals surface area contributed by atoms with Crippen LogP contribution in [0.25, 0.3) is 0 Å². The van der Waals surface area contributed by atoms with Gasteiger partial charge >= 0.3 is 5.97 Å². The van der Waals surface area contributed by atoms with E-state index in [2.05, 4.69) is 0 Å². The van der Waals surface area contributed by atoms with E-state index in [-0.39, 0.29) is 4.90 Å². The molecule has 9 nitrogen and oxygen atoms in total. The summed E-state index contributed by atoms with van der Waals surface area (Å²) in [6, 6.07) is 1.94. The highest BCUT2D eigenvalue weighted by molar-refractivity contribution is 7.89. The summed E-state index contributed by atoms with van der Waals surface area (Å²) in [4.78, 5) is 36.9. The number of carbonyl (C=O) groups excluding carboxylic acids is 3. The molecule has 1 atom stereocenters. The van der Waals surface area contributed by atoms with E-state index in [1.807, 2.05) is 0 Å². The Morgan fingerprint density at radius 1 is 1.29 bits per heavy atom. The minimum atomic E-state index is -3.88. The molecule has 1 saturated heterocycles. The van der Waals surface area contributed by atoms with Crippen molar-refractivity contribution in [2.24, 2.45) is 5.73 Å². The van der Waals surface area contributed by atoms with Crippen LogP contribution < -0.4 is 5.73 Å². The number of likely N-dealkylation sites (tertiary alicyclic amines) is 1. The van der Waals surface area contributed by atoms with Gasteiger partial charge in [0.15, 0.2) is 6.61 Å². The lowest BCUT2D eigenvalue weighted by atomic mass is 10.0. The van der Waals surface area contributed by atoms with Gasteiger partial charge in [0.2, 0.25) is 15.9 Å². The molecule has 2 amide bonds. The van der Waals surface area contributed by atoms with Crippen LogP contribution in [0.1, 0.15) is 29.6 Å². The van der Waals surface area contributed by atoms with E-state index in [0.29, 0.717) is 19.4 Å². The average molecular weight is 415 g/mol. The molecule has 0 aliphatic carbocycles. The average Bonchev–Trinajstić information content (AvgIpc) is 2.65. The van der Waals surface area contributed by atoms with Crippen molar-refractivity contribution in [3.05, 3.63) is 29.6 Å². The topological polar surface area (TPSA) is 127 Å². The number of nitrogens with zero attached hydrogens (tertiary/aromatic N) is 2. The summed E-state index contributed by atoms with van der Waals surface area (Å²) in [6.45, 7) is -0.415. The Balaban J connectivity index is 2.13. The lowest BCUT2D eigenvalue weighted by Gasteiger charge is -2.33. The van der Waals surface area contributed by atoms with Crippen LogP contribution in [-0.4, -0.2) is 68.7 Å². The predicted octanol–water partition coefficient (Wildman–Crippen LogP) is 0.0992. The van der Waals surface area contributed by atoms with E-state index in [1.165, 1.54) is 19.0 Å². The third kappa shape index (κ3) is 4.65. The fourth-order valence-corrected chi connectivity index (χ4v) is 3.77. The quantitative estimate of drug-likeness (QED) is 0.657. The smallest absolute Gasteiger partial charge is 0.341 e. The number of amides is 2. The van der Waals surface area contributed by atoms with Gasteiger partial charge in [-0.3, -0.25) is 9.59 Å². The minimum absolute atomic E-state index is 0.290.